The summed E-state index contributed by atoms with van der Waals surface area (Å²) in [7, 11) is 0. The van der Waals surface area contributed by atoms with Crippen LogP contribution >= 0.6 is 0 Å². The molecule has 1 aliphatic heterocycles. The van der Waals surface area contributed by atoms with Crippen molar-refractivity contribution in [1.82, 2.24) is 0 Å². The molecule has 4 rings (SSSR count). The van der Waals surface area contributed by atoms with Crippen LogP contribution in [0.1, 0.15) is 30.0 Å². The van der Waals surface area contributed by atoms with Crippen LogP contribution in [0.2, 0.25) is 0 Å². The minimum Gasteiger partial charge on any atom is -0.355 e. The molecule has 1 N–H and O–H groups in total. The van der Waals surface area contributed by atoms with E-state index in [4.69, 9.17) is 0 Å². The number of benzene rings is 3. The number of allylic oxidation sites excluding steroid dienone is 2. The Bertz CT molecular complexity index is 912. The molecule has 0 fully saturated rings. The third-order valence-electron chi connectivity index (χ3n) is 5.17. The number of hydrogen-bond acceptors (Lipinski definition) is 1. The summed E-state index contributed by atoms with van der Waals surface area (Å²) in [5, 5.41) is 3.53. The Morgan fingerprint density at radius 1 is 0.808 bits per heavy atom. The van der Waals surface area contributed by atoms with Crippen LogP contribution in [0.4, 0.5) is 5.69 Å². The van der Waals surface area contributed by atoms with Crippen molar-refractivity contribution in [3.05, 3.63) is 126 Å². The Morgan fingerprint density at radius 3 is 1.92 bits per heavy atom. The maximum absolute atomic E-state index is 4.38. The highest BCUT2D eigenvalue weighted by Gasteiger charge is 2.44. The van der Waals surface area contributed by atoms with E-state index in [-0.39, 0.29) is 5.41 Å². The van der Waals surface area contributed by atoms with E-state index in [0.717, 1.165) is 17.8 Å². The molecule has 3 aromatic carbocycles. The molecule has 0 atom stereocenters. The number of rotatable bonds is 3. The minimum absolute atomic E-state index is 0.364. The predicted octanol–water partition coefficient (Wildman–Crippen LogP) is 6.30. The average molecular weight is 337 g/mol. The number of nitrogens with one attached hydrogen (secondary N) is 1. The van der Waals surface area contributed by atoms with Crippen LogP contribution in [0.15, 0.2) is 109 Å². The summed E-state index contributed by atoms with van der Waals surface area (Å²) in [4.78, 5) is 0. The second-order valence-electron chi connectivity index (χ2n) is 6.66. The molecule has 0 unspecified atom stereocenters. The van der Waals surface area contributed by atoms with Crippen LogP contribution in [-0.4, -0.2) is 0 Å². The fourth-order valence-electron chi connectivity index (χ4n) is 4.17. The van der Waals surface area contributed by atoms with E-state index in [2.05, 4.69) is 110 Å². The van der Waals surface area contributed by atoms with Crippen LogP contribution in [0.5, 0.6) is 0 Å². The van der Waals surface area contributed by atoms with Gasteiger partial charge in [-0.25, -0.2) is 0 Å². The first-order chi connectivity index (χ1) is 12.8. The van der Waals surface area contributed by atoms with E-state index >= 15 is 0 Å². The molecular weight excluding hydrogens is 314 g/mol. The highest BCUT2D eigenvalue weighted by Crippen LogP contribution is 2.52. The van der Waals surface area contributed by atoms with Gasteiger partial charge in [-0.15, -0.1) is 0 Å². The lowest BCUT2D eigenvalue weighted by molar-refractivity contribution is 0.717. The Labute approximate surface area is 155 Å². The van der Waals surface area contributed by atoms with E-state index in [1.807, 2.05) is 0 Å². The standard InChI is InChI=1S/C25H23N/c1-3-12-22-19(2)26-24-18-11-10-17-23(24)25(22,20-13-6-4-7-14-20)21-15-8-5-9-16-21/h4-18,26H,2-3H2,1H3/b22-12+. The van der Waals surface area contributed by atoms with Gasteiger partial charge in [-0.05, 0) is 34.8 Å². The molecule has 0 aliphatic carbocycles. The highest BCUT2D eigenvalue weighted by molar-refractivity contribution is 5.76. The van der Waals surface area contributed by atoms with Crippen LogP contribution in [0, 0.1) is 0 Å². The van der Waals surface area contributed by atoms with Gasteiger partial charge in [0.1, 0.15) is 0 Å². The Morgan fingerprint density at radius 2 is 1.35 bits per heavy atom. The van der Waals surface area contributed by atoms with Crippen molar-refractivity contribution >= 4 is 5.69 Å². The van der Waals surface area contributed by atoms with Crippen molar-refractivity contribution in [2.75, 3.05) is 5.32 Å². The zero-order valence-electron chi connectivity index (χ0n) is 15.1. The van der Waals surface area contributed by atoms with Crippen LogP contribution in [-0.2, 0) is 5.41 Å². The van der Waals surface area contributed by atoms with Crippen molar-refractivity contribution in [2.45, 2.75) is 18.8 Å². The van der Waals surface area contributed by atoms with Gasteiger partial charge in [0.05, 0.1) is 5.41 Å². The molecular formula is C25H23N. The van der Waals surface area contributed by atoms with E-state index < -0.39 is 0 Å². The molecule has 0 spiro atoms. The summed E-state index contributed by atoms with van der Waals surface area (Å²) < 4.78 is 0. The SMILES string of the molecule is C=C1Nc2ccccc2C(c2ccccc2)(c2ccccc2)/C1=C/CC. The fraction of sp³-hybridized carbons (Fsp3) is 0.120. The van der Waals surface area contributed by atoms with Gasteiger partial charge in [-0.2, -0.15) is 0 Å². The molecule has 1 nitrogen and oxygen atoms in total. The quantitative estimate of drug-likeness (QED) is 0.591. The van der Waals surface area contributed by atoms with Crippen molar-refractivity contribution in [2.24, 2.45) is 0 Å². The van der Waals surface area contributed by atoms with E-state index in [0.29, 0.717) is 0 Å². The van der Waals surface area contributed by atoms with Crippen LogP contribution < -0.4 is 5.32 Å². The normalized spacial score (nSPS) is 16.8. The molecule has 1 heterocycles. The third-order valence-corrected chi connectivity index (χ3v) is 5.17. The van der Waals surface area contributed by atoms with E-state index in [1.165, 1.54) is 22.3 Å². The van der Waals surface area contributed by atoms with Crippen LogP contribution in [0.25, 0.3) is 0 Å². The van der Waals surface area contributed by atoms with Gasteiger partial charge in [0.15, 0.2) is 0 Å². The molecule has 0 aromatic heterocycles. The van der Waals surface area contributed by atoms with Crippen LogP contribution in [0.3, 0.4) is 0 Å². The first-order valence-electron chi connectivity index (χ1n) is 9.16. The second kappa shape index (κ2) is 6.68. The van der Waals surface area contributed by atoms with Gasteiger partial charge in [0, 0.05) is 11.4 Å². The number of fused-ring (bicyclic) bond motifs is 1. The van der Waals surface area contributed by atoms with Gasteiger partial charge in [-0.3, -0.25) is 0 Å². The lowest BCUT2D eigenvalue weighted by atomic mass is 9.62. The third kappa shape index (κ3) is 2.40. The summed E-state index contributed by atoms with van der Waals surface area (Å²) >= 11 is 0. The summed E-state index contributed by atoms with van der Waals surface area (Å²) in [6, 6.07) is 30.1. The number of anilines is 1. The molecule has 1 heteroatoms. The van der Waals surface area contributed by atoms with Crippen molar-refractivity contribution in [1.29, 1.82) is 0 Å². The molecule has 0 saturated carbocycles. The summed E-state index contributed by atoms with van der Waals surface area (Å²) in [5.41, 5.74) is 6.76. The molecule has 0 amide bonds. The first kappa shape index (κ1) is 16.4. The number of hydrogen-bond donors (Lipinski definition) is 1. The monoisotopic (exact) mass is 337 g/mol. The largest absolute Gasteiger partial charge is 0.355 e. The molecule has 0 radical (unpaired) electrons. The van der Waals surface area contributed by atoms with Gasteiger partial charge in [0.2, 0.25) is 0 Å². The molecule has 0 saturated heterocycles. The Balaban J connectivity index is 2.17. The fourth-order valence-corrected chi connectivity index (χ4v) is 4.17. The molecule has 128 valence electrons. The molecule has 0 bridgehead atoms. The first-order valence-corrected chi connectivity index (χ1v) is 9.16. The smallest absolute Gasteiger partial charge is 0.0738 e. The Hall–Kier alpha value is -3.06. The summed E-state index contributed by atoms with van der Waals surface area (Å²) in [6.07, 6.45) is 3.27. The maximum atomic E-state index is 4.38. The van der Waals surface area contributed by atoms with Gasteiger partial charge in [0.25, 0.3) is 0 Å². The van der Waals surface area contributed by atoms with Gasteiger partial charge >= 0.3 is 0 Å². The molecule has 3 aromatic rings. The summed E-state index contributed by atoms with van der Waals surface area (Å²) in [6.45, 7) is 6.56. The average Bonchev–Trinajstić information content (AvgIpc) is 2.70. The zero-order chi connectivity index (χ0) is 18.0. The minimum atomic E-state index is -0.364. The topological polar surface area (TPSA) is 12.0 Å². The van der Waals surface area contributed by atoms with Gasteiger partial charge in [-0.1, -0.05) is 98.4 Å². The van der Waals surface area contributed by atoms with Crippen molar-refractivity contribution < 1.29 is 0 Å². The zero-order valence-corrected chi connectivity index (χ0v) is 15.1. The lowest BCUT2D eigenvalue weighted by Crippen LogP contribution is -2.38. The predicted molar refractivity (Wildman–Crippen MR) is 110 cm³/mol. The number of para-hydroxylation sites is 1. The Kier molecular flexibility index (Phi) is 4.22. The van der Waals surface area contributed by atoms with Gasteiger partial charge < -0.3 is 5.32 Å². The van der Waals surface area contributed by atoms with Crippen molar-refractivity contribution in [3.63, 3.8) is 0 Å². The lowest BCUT2D eigenvalue weighted by Gasteiger charge is -2.44. The maximum Gasteiger partial charge on any atom is 0.0738 e. The van der Waals surface area contributed by atoms with Crippen molar-refractivity contribution in [3.8, 4) is 0 Å². The van der Waals surface area contributed by atoms with E-state index in [1.54, 1.807) is 0 Å². The second-order valence-corrected chi connectivity index (χ2v) is 6.66. The molecule has 1 aliphatic rings. The molecule has 26 heavy (non-hydrogen) atoms. The van der Waals surface area contributed by atoms with E-state index in [9.17, 15) is 0 Å². The highest BCUT2D eigenvalue weighted by atomic mass is 14.9. The summed E-state index contributed by atoms with van der Waals surface area (Å²) in [5.74, 6) is 0.